The van der Waals surface area contributed by atoms with Gasteiger partial charge in [0, 0.05) is 11.4 Å². The molecule has 0 spiro atoms. The number of nitrogen functional groups attached to an aromatic ring is 1. The predicted octanol–water partition coefficient (Wildman–Crippen LogP) is 4.44. The number of aromatic nitrogens is 2. The lowest BCUT2D eigenvalue weighted by atomic mass is 10.2. The van der Waals surface area contributed by atoms with Gasteiger partial charge in [0.2, 0.25) is 0 Å². The Hall–Kier alpha value is -2.96. The number of anilines is 1. The van der Waals surface area contributed by atoms with Crippen molar-refractivity contribution in [1.29, 1.82) is 0 Å². The van der Waals surface area contributed by atoms with Crippen molar-refractivity contribution in [2.75, 3.05) is 5.43 Å². The Labute approximate surface area is 178 Å². The second-order valence-corrected chi connectivity index (χ2v) is 6.27. The molecule has 0 aliphatic carbocycles. The molecule has 0 aliphatic heterocycles. The number of ketones is 2. The van der Waals surface area contributed by atoms with Crippen LogP contribution in [-0.2, 0) is 9.59 Å². The average Bonchev–Trinajstić information content (AvgIpc) is 3.01. The van der Waals surface area contributed by atoms with E-state index in [0.717, 1.165) is 17.1 Å². The molecule has 1 aromatic heterocycles. The largest absolute Gasteiger partial charge is 0.324 e. The summed E-state index contributed by atoms with van der Waals surface area (Å²) in [5.74, 6) is 4.97. The van der Waals surface area contributed by atoms with Gasteiger partial charge in [0.25, 0.3) is 0 Å². The molecule has 0 radical (unpaired) electrons. The van der Waals surface area contributed by atoms with Crippen molar-refractivity contribution in [2.45, 2.75) is 34.1 Å². The minimum Gasteiger partial charge on any atom is -0.324 e. The van der Waals surface area contributed by atoms with Gasteiger partial charge in [-0.15, -0.1) is 12.4 Å². The molecular weight excluding hydrogens is 388 g/mol. The SMILES string of the molecule is CC(=O)CC(C)=O.Cc1cc(C)n(-c2ccccc2)n1.Cl.NNc1ccccc1. The van der Waals surface area contributed by atoms with Crippen LogP contribution in [0.1, 0.15) is 31.7 Å². The highest BCUT2D eigenvalue weighted by Gasteiger charge is 2.01. The van der Waals surface area contributed by atoms with Crippen LogP contribution in [0, 0.1) is 13.8 Å². The first-order chi connectivity index (χ1) is 13.3. The number of benzene rings is 2. The molecule has 0 aliphatic rings. The van der Waals surface area contributed by atoms with Crippen molar-refractivity contribution >= 4 is 29.7 Å². The van der Waals surface area contributed by atoms with Crippen molar-refractivity contribution in [1.82, 2.24) is 9.78 Å². The summed E-state index contributed by atoms with van der Waals surface area (Å²) in [4.78, 5) is 20.1. The molecular formula is C22H29ClN4O2. The third kappa shape index (κ3) is 10.8. The molecule has 0 saturated heterocycles. The van der Waals surface area contributed by atoms with Gasteiger partial charge >= 0.3 is 0 Å². The van der Waals surface area contributed by atoms with E-state index in [1.54, 1.807) is 0 Å². The molecule has 0 bridgehead atoms. The van der Waals surface area contributed by atoms with Gasteiger partial charge in [-0.2, -0.15) is 5.10 Å². The number of aryl methyl sites for hydroxylation is 2. The molecule has 156 valence electrons. The van der Waals surface area contributed by atoms with Crippen LogP contribution in [0.25, 0.3) is 5.69 Å². The lowest BCUT2D eigenvalue weighted by Crippen LogP contribution is -2.05. The molecule has 1 heterocycles. The molecule has 3 N–H and O–H groups in total. The highest BCUT2D eigenvalue weighted by Crippen LogP contribution is 2.10. The smallest absolute Gasteiger partial charge is 0.137 e. The van der Waals surface area contributed by atoms with Gasteiger partial charge in [-0.05, 0) is 58.0 Å². The molecule has 7 heteroatoms. The minimum atomic E-state index is -0.0625. The van der Waals surface area contributed by atoms with Gasteiger partial charge < -0.3 is 5.43 Å². The van der Waals surface area contributed by atoms with E-state index in [1.165, 1.54) is 19.5 Å². The Morgan fingerprint density at radius 1 is 0.931 bits per heavy atom. The summed E-state index contributed by atoms with van der Waals surface area (Å²) in [6, 6.07) is 21.8. The topological polar surface area (TPSA) is 90.0 Å². The Balaban J connectivity index is 0.000000428. The number of nitrogens with one attached hydrogen (secondary N) is 1. The molecule has 29 heavy (non-hydrogen) atoms. The second-order valence-electron chi connectivity index (χ2n) is 6.27. The number of hydrogen-bond acceptors (Lipinski definition) is 5. The standard InChI is InChI=1S/C11H12N2.C6H8N2.C5H8O2.ClH/c1-9-8-10(2)13(12-9)11-6-4-3-5-7-11;7-8-6-4-2-1-3-5-6;1-4(6)3-5(2)7;/h3-8H,1-2H3;1-5,8H,7H2;3H2,1-2H3;1H. The summed E-state index contributed by atoms with van der Waals surface area (Å²) >= 11 is 0. The first-order valence-electron chi connectivity index (χ1n) is 8.92. The van der Waals surface area contributed by atoms with Gasteiger partial charge in [-0.3, -0.25) is 15.4 Å². The Kier molecular flexibility index (Phi) is 12.7. The molecule has 0 saturated carbocycles. The molecule has 3 aromatic rings. The number of hydrogen-bond donors (Lipinski definition) is 2. The highest BCUT2D eigenvalue weighted by atomic mass is 35.5. The predicted molar refractivity (Wildman–Crippen MR) is 121 cm³/mol. The Morgan fingerprint density at radius 2 is 1.41 bits per heavy atom. The molecule has 3 rings (SSSR count). The van der Waals surface area contributed by atoms with Crippen molar-refractivity contribution in [3.05, 3.63) is 78.1 Å². The van der Waals surface area contributed by atoms with E-state index in [-0.39, 0.29) is 30.4 Å². The van der Waals surface area contributed by atoms with Crippen molar-refractivity contribution in [3.63, 3.8) is 0 Å². The number of carbonyl (C=O) groups is 2. The summed E-state index contributed by atoms with van der Waals surface area (Å²) in [5.41, 5.74) is 6.81. The summed E-state index contributed by atoms with van der Waals surface area (Å²) in [5, 5.41) is 4.40. The summed E-state index contributed by atoms with van der Waals surface area (Å²) in [6.45, 7) is 6.88. The Morgan fingerprint density at radius 3 is 1.72 bits per heavy atom. The maximum absolute atomic E-state index is 10.0. The van der Waals surface area contributed by atoms with Gasteiger partial charge in [-0.25, -0.2) is 4.68 Å². The van der Waals surface area contributed by atoms with Crippen LogP contribution in [0.4, 0.5) is 5.69 Å². The van der Waals surface area contributed by atoms with E-state index >= 15 is 0 Å². The van der Waals surface area contributed by atoms with E-state index in [0.29, 0.717) is 0 Å². The zero-order valence-corrected chi connectivity index (χ0v) is 18.1. The monoisotopic (exact) mass is 416 g/mol. The zero-order chi connectivity index (χ0) is 20.9. The number of hydrazine groups is 1. The highest BCUT2D eigenvalue weighted by molar-refractivity contribution is 5.96. The van der Waals surface area contributed by atoms with Crippen LogP contribution in [0.3, 0.4) is 0 Å². The lowest BCUT2D eigenvalue weighted by Gasteiger charge is -2.02. The molecule has 6 nitrogen and oxygen atoms in total. The molecule has 2 aromatic carbocycles. The van der Waals surface area contributed by atoms with Crippen LogP contribution in [0.2, 0.25) is 0 Å². The summed E-state index contributed by atoms with van der Waals surface area (Å²) in [7, 11) is 0. The second kappa shape index (κ2) is 14.1. The van der Waals surface area contributed by atoms with E-state index in [4.69, 9.17) is 5.84 Å². The normalized spacial score (nSPS) is 9.00. The summed E-state index contributed by atoms with van der Waals surface area (Å²) < 4.78 is 1.95. The van der Waals surface area contributed by atoms with Gasteiger partial charge in [0.15, 0.2) is 0 Å². The van der Waals surface area contributed by atoms with E-state index < -0.39 is 0 Å². The van der Waals surface area contributed by atoms with Crippen LogP contribution >= 0.6 is 12.4 Å². The van der Waals surface area contributed by atoms with E-state index in [1.807, 2.05) is 60.1 Å². The molecule has 0 fully saturated rings. The van der Waals surface area contributed by atoms with Crippen molar-refractivity contribution < 1.29 is 9.59 Å². The first-order valence-corrected chi connectivity index (χ1v) is 8.92. The molecule has 0 atom stereocenters. The van der Waals surface area contributed by atoms with Gasteiger partial charge in [0.1, 0.15) is 11.6 Å². The van der Waals surface area contributed by atoms with Crippen LogP contribution in [-0.4, -0.2) is 21.3 Å². The van der Waals surface area contributed by atoms with Crippen LogP contribution < -0.4 is 11.3 Å². The number of nitrogens with two attached hydrogens (primary N) is 1. The number of rotatable bonds is 4. The first kappa shape index (κ1) is 26.0. The number of Topliss-reactive ketones (excluding diaryl/α,β-unsaturated/α-hetero) is 2. The van der Waals surface area contributed by atoms with Crippen molar-refractivity contribution in [2.24, 2.45) is 5.84 Å². The van der Waals surface area contributed by atoms with E-state index in [2.05, 4.69) is 35.6 Å². The van der Waals surface area contributed by atoms with Gasteiger partial charge in [0.05, 0.1) is 17.8 Å². The maximum Gasteiger partial charge on any atom is 0.137 e. The summed E-state index contributed by atoms with van der Waals surface area (Å²) in [6.07, 6.45) is 0.0833. The maximum atomic E-state index is 10.0. The quantitative estimate of drug-likeness (QED) is 0.373. The van der Waals surface area contributed by atoms with Crippen molar-refractivity contribution in [3.8, 4) is 5.69 Å². The van der Waals surface area contributed by atoms with Crippen LogP contribution in [0.5, 0.6) is 0 Å². The fraction of sp³-hybridized carbons (Fsp3) is 0.227. The zero-order valence-electron chi connectivity index (χ0n) is 17.3. The third-order valence-corrected chi connectivity index (χ3v) is 3.45. The number of para-hydroxylation sites is 2. The van der Waals surface area contributed by atoms with Crippen LogP contribution in [0.15, 0.2) is 66.7 Å². The third-order valence-electron chi connectivity index (χ3n) is 3.45. The molecule has 0 unspecified atom stereocenters. The van der Waals surface area contributed by atoms with Gasteiger partial charge in [-0.1, -0.05) is 36.4 Å². The minimum absolute atomic E-state index is 0. The number of halogens is 1. The number of nitrogens with zero attached hydrogens (tertiary/aromatic N) is 2. The molecule has 0 amide bonds. The fourth-order valence-corrected chi connectivity index (χ4v) is 2.34. The lowest BCUT2D eigenvalue weighted by molar-refractivity contribution is -0.124. The number of carbonyl (C=O) groups excluding carboxylic acids is 2. The Bertz CT molecular complexity index is 853. The average molecular weight is 417 g/mol. The van der Waals surface area contributed by atoms with E-state index in [9.17, 15) is 9.59 Å². The fourth-order valence-electron chi connectivity index (χ4n) is 2.34.